The predicted octanol–water partition coefficient (Wildman–Crippen LogP) is 0.269. The average molecular weight is 361 g/mol. The molecule has 132 valence electrons. The molecule has 0 aromatic carbocycles. The van der Waals surface area contributed by atoms with Gasteiger partial charge in [0.25, 0.3) is 5.56 Å². The number of anilines is 1. The molecule has 0 radical (unpaired) electrons. The van der Waals surface area contributed by atoms with Gasteiger partial charge in [-0.15, -0.1) is 11.3 Å². The molecule has 1 aliphatic carbocycles. The summed E-state index contributed by atoms with van der Waals surface area (Å²) in [5.41, 5.74) is 2.18. The third-order valence-corrected chi connectivity index (χ3v) is 5.03. The second kappa shape index (κ2) is 7.14. The van der Waals surface area contributed by atoms with Crippen molar-refractivity contribution in [3.8, 4) is 0 Å². The standard InChI is InChI=1S/C16H19N5O3S/c1-17-13(22)7-11-8-25-16(18-11)19-15(24)9-3-4-12-10(5-9)6-14(23)21(2)20-12/h6,8-9H,3-5,7H2,1-2H3,(H,17,22)(H,18,19,24)/t9-/m0/s1. The second-order valence-corrected chi connectivity index (χ2v) is 6.86. The number of thiazole rings is 1. The molecule has 8 nitrogen and oxygen atoms in total. The number of aromatic nitrogens is 3. The highest BCUT2D eigenvalue weighted by molar-refractivity contribution is 7.13. The van der Waals surface area contributed by atoms with Gasteiger partial charge in [-0.05, 0) is 24.8 Å². The van der Waals surface area contributed by atoms with Crippen LogP contribution < -0.4 is 16.2 Å². The van der Waals surface area contributed by atoms with Crippen molar-refractivity contribution in [2.24, 2.45) is 13.0 Å². The van der Waals surface area contributed by atoms with E-state index in [4.69, 9.17) is 0 Å². The third kappa shape index (κ3) is 3.93. The number of likely N-dealkylation sites (N-methyl/N-ethyl adjacent to an activating group) is 1. The van der Waals surface area contributed by atoms with E-state index in [0.717, 1.165) is 11.3 Å². The van der Waals surface area contributed by atoms with E-state index < -0.39 is 0 Å². The van der Waals surface area contributed by atoms with Crippen LogP contribution in [0.1, 0.15) is 23.4 Å². The van der Waals surface area contributed by atoms with E-state index in [1.807, 2.05) is 0 Å². The average Bonchev–Trinajstić information content (AvgIpc) is 3.02. The molecule has 1 aliphatic rings. The van der Waals surface area contributed by atoms with E-state index in [-0.39, 0.29) is 29.7 Å². The molecule has 2 aromatic rings. The highest BCUT2D eigenvalue weighted by Crippen LogP contribution is 2.25. The Labute approximate surface area is 148 Å². The maximum atomic E-state index is 12.5. The number of fused-ring (bicyclic) bond motifs is 1. The highest BCUT2D eigenvalue weighted by Gasteiger charge is 2.26. The van der Waals surface area contributed by atoms with E-state index in [2.05, 4.69) is 20.7 Å². The van der Waals surface area contributed by atoms with Crippen molar-refractivity contribution >= 4 is 28.3 Å². The molecule has 0 aliphatic heterocycles. The lowest BCUT2D eigenvalue weighted by Crippen LogP contribution is -2.31. The number of rotatable bonds is 4. The summed E-state index contributed by atoms with van der Waals surface area (Å²) in [6.07, 6.45) is 2.04. The van der Waals surface area contributed by atoms with E-state index in [1.54, 1.807) is 25.5 Å². The molecule has 25 heavy (non-hydrogen) atoms. The van der Waals surface area contributed by atoms with E-state index in [0.29, 0.717) is 30.1 Å². The molecule has 0 saturated carbocycles. The summed E-state index contributed by atoms with van der Waals surface area (Å²) in [6.45, 7) is 0. The molecule has 0 unspecified atom stereocenters. The number of aryl methyl sites for hydroxylation is 2. The van der Waals surface area contributed by atoms with Crippen molar-refractivity contribution in [3.05, 3.63) is 38.8 Å². The lowest BCUT2D eigenvalue weighted by atomic mass is 9.86. The predicted molar refractivity (Wildman–Crippen MR) is 93.5 cm³/mol. The highest BCUT2D eigenvalue weighted by atomic mass is 32.1. The lowest BCUT2D eigenvalue weighted by Gasteiger charge is -2.22. The van der Waals surface area contributed by atoms with Gasteiger partial charge in [0.05, 0.1) is 17.8 Å². The smallest absolute Gasteiger partial charge is 0.266 e. The van der Waals surface area contributed by atoms with Crippen LogP contribution in [0.2, 0.25) is 0 Å². The van der Waals surface area contributed by atoms with Gasteiger partial charge in [-0.2, -0.15) is 5.10 Å². The van der Waals surface area contributed by atoms with Crippen molar-refractivity contribution in [1.29, 1.82) is 0 Å². The van der Waals surface area contributed by atoms with Gasteiger partial charge < -0.3 is 10.6 Å². The maximum absolute atomic E-state index is 12.5. The van der Waals surface area contributed by atoms with Crippen LogP contribution in [-0.2, 0) is 35.9 Å². The molecular weight excluding hydrogens is 342 g/mol. The van der Waals surface area contributed by atoms with E-state index >= 15 is 0 Å². The van der Waals surface area contributed by atoms with Crippen LogP contribution in [0.4, 0.5) is 5.13 Å². The zero-order chi connectivity index (χ0) is 18.0. The van der Waals surface area contributed by atoms with Gasteiger partial charge in [-0.3, -0.25) is 14.4 Å². The monoisotopic (exact) mass is 361 g/mol. The summed E-state index contributed by atoms with van der Waals surface area (Å²) in [5, 5.41) is 11.8. The SMILES string of the molecule is CNC(=O)Cc1csc(NC(=O)[C@H]2CCc3nn(C)c(=O)cc3C2)n1. The van der Waals surface area contributed by atoms with Crippen LogP contribution in [0.3, 0.4) is 0 Å². The van der Waals surface area contributed by atoms with Crippen molar-refractivity contribution in [1.82, 2.24) is 20.1 Å². The molecule has 0 fully saturated rings. The Morgan fingerprint density at radius 2 is 2.24 bits per heavy atom. The van der Waals surface area contributed by atoms with Gasteiger partial charge in [-0.1, -0.05) is 0 Å². The van der Waals surface area contributed by atoms with Crippen LogP contribution in [0.5, 0.6) is 0 Å². The Bertz CT molecular complexity index is 873. The number of hydrogen-bond acceptors (Lipinski definition) is 6. The van der Waals surface area contributed by atoms with E-state index in [1.165, 1.54) is 16.0 Å². The molecule has 1 atom stereocenters. The Morgan fingerprint density at radius 3 is 3.00 bits per heavy atom. The van der Waals surface area contributed by atoms with Gasteiger partial charge in [0.2, 0.25) is 11.8 Å². The zero-order valence-corrected chi connectivity index (χ0v) is 14.9. The minimum absolute atomic E-state index is 0.118. The fourth-order valence-electron chi connectivity index (χ4n) is 2.82. The zero-order valence-electron chi connectivity index (χ0n) is 14.0. The first-order chi connectivity index (χ1) is 12.0. The first-order valence-corrected chi connectivity index (χ1v) is 8.86. The van der Waals surface area contributed by atoms with Gasteiger partial charge in [0.1, 0.15) is 0 Å². The number of amides is 2. The van der Waals surface area contributed by atoms with Crippen LogP contribution in [-0.4, -0.2) is 33.6 Å². The number of carbonyl (C=O) groups excluding carboxylic acids is 2. The van der Waals surface area contributed by atoms with Gasteiger partial charge in [-0.25, -0.2) is 9.67 Å². The van der Waals surface area contributed by atoms with Crippen molar-refractivity contribution in [2.75, 3.05) is 12.4 Å². The quantitative estimate of drug-likeness (QED) is 0.813. The molecule has 9 heteroatoms. The van der Waals surface area contributed by atoms with Gasteiger partial charge in [0, 0.05) is 31.5 Å². The Hall–Kier alpha value is -2.55. The summed E-state index contributed by atoms with van der Waals surface area (Å²) in [4.78, 5) is 39.8. The van der Waals surface area contributed by atoms with Crippen LogP contribution in [0.15, 0.2) is 16.2 Å². The molecule has 2 heterocycles. The summed E-state index contributed by atoms with van der Waals surface area (Å²) in [6, 6.07) is 1.56. The fraction of sp³-hybridized carbons (Fsp3) is 0.438. The summed E-state index contributed by atoms with van der Waals surface area (Å²) in [5.74, 6) is -0.457. The largest absolute Gasteiger partial charge is 0.359 e. The molecular formula is C16H19N5O3S. The molecule has 2 amide bonds. The van der Waals surface area contributed by atoms with Crippen LogP contribution in [0.25, 0.3) is 0 Å². The molecule has 0 spiro atoms. The van der Waals surface area contributed by atoms with Crippen molar-refractivity contribution in [3.63, 3.8) is 0 Å². The summed E-state index contributed by atoms with van der Waals surface area (Å²) < 4.78 is 1.32. The Kier molecular flexibility index (Phi) is 4.93. The molecule has 3 rings (SSSR count). The Morgan fingerprint density at radius 1 is 1.44 bits per heavy atom. The molecule has 2 aromatic heterocycles. The second-order valence-electron chi connectivity index (χ2n) is 6.00. The number of hydrogen-bond donors (Lipinski definition) is 2. The lowest BCUT2D eigenvalue weighted by molar-refractivity contribution is -0.120. The number of nitrogens with one attached hydrogen (secondary N) is 2. The molecule has 0 bridgehead atoms. The van der Waals surface area contributed by atoms with Crippen LogP contribution in [0, 0.1) is 5.92 Å². The van der Waals surface area contributed by atoms with Crippen molar-refractivity contribution < 1.29 is 9.59 Å². The van der Waals surface area contributed by atoms with Crippen molar-refractivity contribution in [2.45, 2.75) is 25.7 Å². The topological polar surface area (TPSA) is 106 Å². The van der Waals surface area contributed by atoms with E-state index in [9.17, 15) is 14.4 Å². The minimum Gasteiger partial charge on any atom is -0.359 e. The first kappa shape index (κ1) is 17.3. The first-order valence-electron chi connectivity index (χ1n) is 7.98. The van der Waals surface area contributed by atoms with Crippen LogP contribution >= 0.6 is 11.3 Å². The van der Waals surface area contributed by atoms with Gasteiger partial charge >= 0.3 is 0 Å². The summed E-state index contributed by atoms with van der Waals surface area (Å²) in [7, 11) is 3.20. The molecule has 0 saturated heterocycles. The fourth-order valence-corrected chi connectivity index (χ4v) is 3.53. The normalized spacial score (nSPS) is 16.2. The minimum atomic E-state index is -0.215. The Balaban J connectivity index is 1.65. The van der Waals surface area contributed by atoms with Gasteiger partial charge in [0.15, 0.2) is 5.13 Å². The number of nitrogens with zero attached hydrogens (tertiary/aromatic N) is 3. The molecule has 2 N–H and O–H groups in total. The number of carbonyl (C=O) groups is 2. The third-order valence-electron chi connectivity index (χ3n) is 4.23. The summed E-state index contributed by atoms with van der Waals surface area (Å²) >= 11 is 1.30. The maximum Gasteiger partial charge on any atom is 0.266 e.